The van der Waals surface area contributed by atoms with Crippen molar-refractivity contribution in [1.82, 2.24) is 5.32 Å². The molecule has 84 valence electrons. The Morgan fingerprint density at radius 3 is 2.73 bits per heavy atom. The summed E-state index contributed by atoms with van der Waals surface area (Å²) in [6.45, 7) is 5.48. The fourth-order valence-electron chi connectivity index (χ4n) is 1.38. The Kier molecular flexibility index (Phi) is 4.20. The largest absolute Gasteiger partial charge is 0.464 e. The van der Waals surface area contributed by atoms with Gasteiger partial charge in [-0.25, -0.2) is 4.79 Å². The van der Waals surface area contributed by atoms with Gasteiger partial charge in [0.25, 0.3) is 0 Å². The maximum Gasteiger partial charge on any atom is 0.329 e. The van der Waals surface area contributed by atoms with Gasteiger partial charge in [-0.3, -0.25) is 4.79 Å². The summed E-state index contributed by atoms with van der Waals surface area (Å²) in [5.74, 6) is 0.324. The normalized spacial score (nSPS) is 20.9. The Morgan fingerprint density at radius 1 is 1.60 bits per heavy atom. The highest BCUT2D eigenvalue weighted by Crippen LogP contribution is 2.25. The third-order valence-corrected chi connectivity index (χ3v) is 3.40. The van der Waals surface area contributed by atoms with E-state index in [9.17, 15) is 9.59 Å². The van der Waals surface area contributed by atoms with E-state index in [1.54, 1.807) is 13.8 Å². The van der Waals surface area contributed by atoms with Crippen LogP contribution in [0.5, 0.6) is 0 Å². The van der Waals surface area contributed by atoms with Crippen molar-refractivity contribution in [3.63, 3.8) is 0 Å². The summed E-state index contributed by atoms with van der Waals surface area (Å²) in [6.07, 6.45) is 0. The molecule has 1 unspecified atom stereocenters. The molecule has 0 bridgehead atoms. The number of hydrogen-bond acceptors (Lipinski definition) is 5. The number of carbonyl (C=O) groups is 2. The third-order valence-electron chi connectivity index (χ3n) is 2.02. The Bertz CT molecular complexity index is 312. The zero-order valence-corrected chi connectivity index (χ0v) is 9.94. The van der Waals surface area contributed by atoms with Crippen molar-refractivity contribution in [2.24, 2.45) is 0 Å². The quantitative estimate of drug-likeness (QED) is 0.734. The first-order valence-electron chi connectivity index (χ1n) is 4.84. The molecule has 1 heterocycles. The van der Waals surface area contributed by atoms with Crippen molar-refractivity contribution in [2.45, 2.75) is 26.8 Å². The van der Waals surface area contributed by atoms with Crippen LogP contribution in [0.1, 0.15) is 20.8 Å². The maximum atomic E-state index is 11.4. The summed E-state index contributed by atoms with van der Waals surface area (Å²) < 4.78 is 4.90. The summed E-state index contributed by atoms with van der Waals surface area (Å²) >= 11 is 1.41. The van der Waals surface area contributed by atoms with Crippen LogP contribution in [-0.2, 0) is 14.3 Å². The van der Waals surface area contributed by atoms with Crippen molar-refractivity contribution in [3.8, 4) is 0 Å². The smallest absolute Gasteiger partial charge is 0.329 e. The van der Waals surface area contributed by atoms with Gasteiger partial charge in [-0.2, -0.15) is 0 Å². The number of hydrogen-bond donors (Lipinski definition) is 1. The minimum absolute atomic E-state index is 0.0345. The van der Waals surface area contributed by atoms with Gasteiger partial charge in [0.2, 0.25) is 0 Å². The fraction of sp³-hybridized carbons (Fsp3) is 0.600. The molecule has 0 spiro atoms. The summed E-state index contributed by atoms with van der Waals surface area (Å²) in [4.78, 5) is 23.3. The van der Waals surface area contributed by atoms with E-state index in [1.807, 2.05) is 0 Å². The first kappa shape index (κ1) is 12.1. The number of ketones is 1. The summed E-state index contributed by atoms with van der Waals surface area (Å²) in [5, 5.41) is 3.00. The van der Waals surface area contributed by atoms with Gasteiger partial charge < -0.3 is 10.1 Å². The molecule has 1 atom stereocenters. The van der Waals surface area contributed by atoms with E-state index >= 15 is 0 Å². The highest BCUT2D eigenvalue weighted by atomic mass is 32.2. The predicted octanol–water partition coefficient (Wildman–Crippen LogP) is 1.07. The number of Topliss-reactive ketones (excluding diaryl/α,β-unsaturated/α-hetero) is 1. The second-order valence-corrected chi connectivity index (χ2v) is 4.30. The van der Waals surface area contributed by atoms with Gasteiger partial charge in [0.1, 0.15) is 6.04 Å². The molecule has 0 aromatic heterocycles. The van der Waals surface area contributed by atoms with Gasteiger partial charge in [0.05, 0.1) is 11.5 Å². The number of rotatable bonds is 3. The molecule has 0 aromatic carbocycles. The molecule has 4 nitrogen and oxygen atoms in total. The average molecular weight is 229 g/mol. The lowest BCUT2D eigenvalue weighted by Crippen LogP contribution is -2.42. The third kappa shape index (κ3) is 2.99. The first-order chi connectivity index (χ1) is 7.06. The Hall–Kier alpha value is -0.970. The lowest BCUT2D eigenvalue weighted by molar-refractivity contribution is -0.144. The summed E-state index contributed by atoms with van der Waals surface area (Å²) in [6, 6.07) is -0.335. The van der Waals surface area contributed by atoms with Crippen molar-refractivity contribution in [2.75, 3.05) is 12.4 Å². The van der Waals surface area contributed by atoms with Crippen LogP contribution in [0, 0.1) is 0 Å². The zero-order valence-electron chi connectivity index (χ0n) is 9.12. The molecular weight excluding hydrogens is 214 g/mol. The number of carbonyl (C=O) groups excluding carboxylic acids is 2. The Balaban J connectivity index is 2.66. The van der Waals surface area contributed by atoms with Crippen LogP contribution in [0.4, 0.5) is 0 Å². The Labute approximate surface area is 93.4 Å². The topological polar surface area (TPSA) is 55.4 Å². The highest BCUT2D eigenvalue weighted by molar-refractivity contribution is 8.04. The Morgan fingerprint density at radius 2 is 2.27 bits per heavy atom. The van der Waals surface area contributed by atoms with Gasteiger partial charge in [-0.1, -0.05) is 0 Å². The molecule has 1 N–H and O–H groups in total. The van der Waals surface area contributed by atoms with Crippen LogP contribution in [0.25, 0.3) is 0 Å². The fourth-order valence-corrected chi connectivity index (χ4v) is 2.41. The summed E-state index contributed by atoms with van der Waals surface area (Å²) in [5.41, 5.74) is 0.761. The molecule has 1 aliphatic heterocycles. The zero-order chi connectivity index (χ0) is 11.4. The van der Waals surface area contributed by atoms with Crippen molar-refractivity contribution in [1.29, 1.82) is 0 Å². The average Bonchev–Trinajstić information content (AvgIpc) is 2.17. The second-order valence-electron chi connectivity index (χ2n) is 3.27. The summed E-state index contributed by atoms with van der Waals surface area (Å²) in [7, 11) is 0. The first-order valence-corrected chi connectivity index (χ1v) is 5.82. The standard InChI is InChI=1S/C10H15NO3S/c1-4-14-10(13)8-5-15-9(7(3)12)6(2)11-8/h8,11H,4-5H2,1-3H3. The van der Waals surface area contributed by atoms with Crippen LogP contribution in [0.3, 0.4) is 0 Å². The molecule has 0 saturated heterocycles. The van der Waals surface area contributed by atoms with Crippen LogP contribution >= 0.6 is 11.8 Å². The number of allylic oxidation sites excluding steroid dienone is 2. The monoisotopic (exact) mass is 229 g/mol. The van der Waals surface area contributed by atoms with E-state index in [-0.39, 0.29) is 17.8 Å². The van der Waals surface area contributed by atoms with Crippen molar-refractivity contribution in [3.05, 3.63) is 10.6 Å². The van der Waals surface area contributed by atoms with Crippen LogP contribution < -0.4 is 5.32 Å². The van der Waals surface area contributed by atoms with Gasteiger partial charge in [0, 0.05) is 11.4 Å². The molecule has 1 rings (SSSR count). The van der Waals surface area contributed by atoms with Gasteiger partial charge in [-0.15, -0.1) is 11.8 Å². The number of nitrogens with one attached hydrogen (secondary N) is 1. The minimum Gasteiger partial charge on any atom is -0.464 e. The lowest BCUT2D eigenvalue weighted by Gasteiger charge is -2.24. The molecule has 0 aromatic rings. The van der Waals surface area contributed by atoms with Crippen molar-refractivity contribution >= 4 is 23.5 Å². The molecular formula is C10H15NO3S. The highest BCUT2D eigenvalue weighted by Gasteiger charge is 2.26. The van der Waals surface area contributed by atoms with Crippen molar-refractivity contribution < 1.29 is 14.3 Å². The number of thioether (sulfide) groups is 1. The van der Waals surface area contributed by atoms with E-state index < -0.39 is 0 Å². The molecule has 0 saturated carbocycles. The van der Waals surface area contributed by atoms with Crippen LogP contribution in [-0.4, -0.2) is 30.2 Å². The molecule has 0 radical (unpaired) electrons. The molecule has 15 heavy (non-hydrogen) atoms. The van der Waals surface area contributed by atoms with E-state index in [4.69, 9.17) is 4.74 Å². The van der Waals surface area contributed by atoms with E-state index in [0.29, 0.717) is 17.3 Å². The van der Waals surface area contributed by atoms with Gasteiger partial charge >= 0.3 is 5.97 Å². The molecule has 5 heteroatoms. The van der Waals surface area contributed by atoms with Crippen LogP contribution in [0.15, 0.2) is 10.6 Å². The van der Waals surface area contributed by atoms with E-state index in [1.165, 1.54) is 18.7 Å². The van der Waals surface area contributed by atoms with Gasteiger partial charge in [-0.05, 0) is 20.8 Å². The predicted molar refractivity (Wildman–Crippen MR) is 59.4 cm³/mol. The molecule has 0 aliphatic carbocycles. The van der Waals surface area contributed by atoms with E-state index in [2.05, 4.69) is 5.32 Å². The van der Waals surface area contributed by atoms with Gasteiger partial charge in [0.15, 0.2) is 5.78 Å². The minimum atomic E-state index is -0.335. The number of esters is 1. The molecule has 0 amide bonds. The lowest BCUT2D eigenvalue weighted by atomic mass is 10.2. The van der Waals surface area contributed by atoms with Crippen LogP contribution in [0.2, 0.25) is 0 Å². The number of ether oxygens (including phenoxy) is 1. The second kappa shape index (κ2) is 5.21. The maximum absolute atomic E-state index is 11.4. The SMILES string of the molecule is CCOC(=O)C1CSC(C(C)=O)=C(C)N1. The molecule has 1 aliphatic rings. The molecule has 0 fully saturated rings. The van der Waals surface area contributed by atoms with E-state index in [0.717, 1.165) is 5.70 Å².